The van der Waals surface area contributed by atoms with Gasteiger partial charge in [0.15, 0.2) is 0 Å². The van der Waals surface area contributed by atoms with Crippen molar-refractivity contribution in [1.29, 1.82) is 0 Å². The average molecular weight is 341 g/mol. The van der Waals surface area contributed by atoms with E-state index in [2.05, 4.69) is 41.5 Å². The molecule has 1 aromatic heterocycles. The largest absolute Gasteiger partial charge is 0.390 e. The Bertz CT molecular complexity index is 748. The molecule has 1 aromatic carbocycles. The zero-order chi connectivity index (χ0) is 17.4. The summed E-state index contributed by atoms with van der Waals surface area (Å²) in [6.45, 7) is 7.17. The van der Waals surface area contributed by atoms with Gasteiger partial charge in [0.1, 0.15) is 0 Å². The molecule has 1 fully saturated rings. The molecule has 136 valence electrons. The monoisotopic (exact) mass is 340 g/mol. The highest BCUT2D eigenvalue weighted by molar-refractivity contribution is 5.86. The van der Waals surface area contributed by atoms with Gasteiger partial charge in [0.05, 0.1) is 12.6 Å². The van der Waals surface area contributed by atoms with Crippen molar-refractivity contribution in [2.45, 2.75) is 77.5 Å². The molecule has 4 rings (SSSR count). The van der Waals surface area contributed by atoms with Gasteiger partial charge in [0.2, 0.25) is 0 Å². The highest BCUT2D eigenvalue weighted by Gasteiger charge is 2.24. The Morgan fingerprint density at radius 3 is 2.80 bits per heavy atom. The molecule has 0 amide bonds. The summed E-state index contributed by atoms with van der Waals surface area (Å²) in [5.74, 6) is 0. The van der Waals surface area contributed by atoms with Gasteiger partial charge in [-0.25, -0.2) is 0 Å². The molecule has 1 N–H and O–H groups in total. The maximum atomic E-state index is 10.8. The van der Waals surface area contributed by atoms with E-state index in [1.54, 1.807) is 5.56 Å². The quantitative estimate of drug-likeness (QED) is 0.909. The van der Waals surface area contributed by atoms with E-state index in [9.17, 15) is 5.11 Å². The van der Waals surface area contributed by atoms with Crippen molar-refractivity contribution in [2.24, 2.45) is 0 Å². The zero-order valence-corrected chi connectivity index (χ0v) is 15.8. The van der Waals surface area contributed by atoms with Crippen LogP contribution in [-0.2, 0) is 19.4 Å². The summed E-state index contributed by atoms with van der Waals surface area (Å²) in [6.07, 6.45) is 8.53. The average Bonchev–Trinajstić information content (AvgIpc) is 2.91. The Morgan fingerprint density at radius 2 is 1.96 bits per heavy atom. The summed E-state index contributed by atoms with van der Waals surface area (Å²) in [5.41, 5.74) is 5.69. The molecule has 25 heavy (non-hydrogen) atoms. The highest BCUT2D eigenvalue weighted by Crippen LogP contribution is 2.33. The van der Waals surface area contributed by atoms with Crippen LogP contribution in [0.25, 0.3) is 10.9 Å². The van der Waals surface area contributed by atoms with Gasteiger partial charge in [-0.15, -0.1) is 0 Å². The van der Waals surface area contributed by atoms with Gasteiger partial charge in [0.25, 0.3) is 0 Å². The minimum atomic E-state index is -0.288. The number of rotatable bonds is 4. The number of fused-ring (bicyclic) bond motifs is 3. The number of aryl methyl sites for hydroxylation is 2. The van der Waals surface area contributed by atoms with Crippen molar-refractivity contribution in [3.63, 3.8) is 0 Å². The molecule has 3 nitrogen and oxygen atoms in total. The fourth-order valence-electron chi connectivity index (χ4n) is 4.93. The van der Waals surface area contributed by atoms with Gasteiger partial charge in [-0.2, -0.15) is 0 Å². The molecule has 1 saturated heterocycles. The molecule has 2 heterocycles. The standard InChI is InChI=1S/C22H32N2O/c1-16-10-11-22-20(13-16)19-8-3-4-9-21(19)24(22)15-18(25)14-23-12-6-5-7-17(23)2/h10-11,13,17-18,25H,3-9,12,14-15H2,1-2H3/t17-,18-/m0/s1. The zero-order valence-electron chi connectivity index (χ0n) is 15.8. The van der Waals surface area contributed by atoms with Crippen LogP contribution in [-0.4, -0.2) is 39.8 Å². The SMILES string of the molecule is Cc1ccc2c(c1)c1c(n2C[C@@H](O)CN2CCCC[C@@H]2C)CCCC1. The number of hydrogen-bond donors (Lipinski definition) is 1. The lowest BCUT2D eigenvalue weighted by Gasteiger charge is -2.35. The Morgan fingerprint density at radius 1 is 1.12 bits per heavy atom. The first-order valence-electron chi connectivity index (χ1n) is 10.2. The Labute approximate surface area is 151 Å². The minimum Gasteiger partial charge on any atom is -0.390 e. The second-order valence-corrected chi connectivity index (χ2v) is 8.26. The number of likely N-dealkylation sites (tertiary alicyclic amines) is 1. The van der Waals surface area contributed by atoms with Crippen LogP contribution in [0.5, 0.6) is 0 Å². The van der Waals surface area contributed by atoms with E-state index < -0.39 is 0 Å². The van der Waals surface area contributed by atoms with Crippen molar-refractivity contribution < 1.29 is 5.11 Å². The van der Waals surface area contributed by atoms with Crippen LogP contribution >= 0.6 is 0 Å². The van der Waals surface area contributed by atoms with E-state index in [-0.39, 0.29) is 6.10 Å². The molecule has 2 aromatic rings. The molecular formula is C22H32N2O. The fraction of sp³-hybridized carbons (Fsp3) is 0.636. The maximum absolute atomic E-state index is 10.8. The van der Waals surface area contributed by atoms with E-state index in [0.717, 1.165) is 26.1 Å². The van der Waals surface area contributed by atoms with E-state index in [4.69, 9.17) is 0 Å². The van der Waals surface area contributed by atoms with Crippen LogP contribution < -0.4 is 0 Å². The summed E-state index contributed by atoms with van der Waals surface area (Å²) in [4.78, 5) is 2.48. The number of aliphatic hydroxyl groups is 1. The number of β-amino-alcohol motifs (C(OH)–C–C–N with tert-alkyl or cyclic N) is 1. The third-order valence-electron chi connectivity index (χ3n) is 6.31. The molecule has 3 heteroatoms. The lowest BCUT2D eigenvalue weighted by molar-refractivity contribution is 0.0640. The number of nitrogens with zero attached hydrogens (tertiary/aromatic N) is 2. The molecule has 0 bridgehead atoms. The van der Waals surface area contributed by atoms with Gasteiger partial charge in [0, 0.05) is 29.2 Å². The highest BCUT2D eigenvalue weighted by atomic mass is 16.3. The predicted molar refractivity (Wildman–Crippen MR) is 104 cm³/mol. The van der Waals surface area contributed by atoms with E-state index in [0.29, 0.717) is 6.04 Å². The van der Waals surface area contributed by atoms with E-state index in [1.807, 2.05) is 0 Å². The number of benzene rings is 1. The van der Waals surface area contributed by atoms with Crippen LogP contribution in [0, 0.1) is 6.92 Å². The minimum absolute atomic E-state index is 0.288. The molecule has 0 spiro atoms. The first-order valence-corrected chi connectivity index (χ1v) is 10.2. The fourth-order valence-corrected chi connectivity index (χ4v) is 4.93. The summed E-state index contributed by atoms with van der Waals surface area (Å²) < 4.78 is 2.43. The number of hydrogen-bond acceptors (Lipinski definition) is 2. The van der Waals surface area contributed by atoms with Crippen molar-refractivity contribution >= 4 is 10.9 Å². The first kappa shape index (κ1) is 17.1. The maximum Gasteiger partial charge on any atom is 0.0845 e. The Kier molecular flexibility index (Phi) is 4.88. The third kappa shape index (κ3) is 3.37. The van der Waals surface area contributed by atoms with Crippen LogP contribution in [0.3, 0.4) is 0 Å². The molecular weight excluding hydrogens is 308 g/mol. The van der Waals surface area contributed by atoms with Crippen LogP contribution in [0.15, 0.2) is 18.2 Å². The molecule has 0 saturated carbocycles. The van der Waals surface area contributed by atoms with Crippen molar-refractivity contribution in [1.82, 2.24) is 9.47 Å². The Hall–Kier alpha value is -1.32. The van der Waals surface area contributed by atoms with Crippen LogP contribution in [0.1, 0.15) is 55.8 Å². The molecule has 2 aliphatic rings. The summed E-state index contributed by atoms with van der Waals surface area (Å²) in [7, 11) is 0. The van der Waals surface area contributed by atoms with E-state index in [1.165, 1.54) is 60.7 Å². The molecule has 1 aliphatic heterocycles. The van der Waals surface area contributed by atoms with Gasteiger partial charge >= 0.3 is 0 Å². The van der Waals surface area contributed by atoms with Gasteiger partial charge < -0.3 is 9.67 Å². The molecule has 2 atom stereocenters. The molecule has 0 radical (unpaired) electrons. The number of piperidine rings is 1. The summed E-state index contributed by atoms with van der Waals surface area (Å²) in [5, 5.41) is 12.3. The second kappa shape index (κ2) is 7.13. The normalized spacial score (nSPS) is 22.9. The molecule has 0 unspecified atom stereocenters. The van der Waals surface area contributed by atoms with Gasteiger partial charge in [-0.3, -0.25) is 4.90 Å². The summed E-state index contributed by atoms with van der Waals surface area (Å²) >= 11 is 0. The summed E-state index contributed by atoms with van der Waals surface area (Å²) in [6, 6.07) is 7.43. The predicted octanol–water partition coefficient (Wildman–Crippen LogP) is 4.06. The first-order chi connectivity index (χ1) is 12.1. The lowest BCUT2D eigenvalue weighted by Crippen LogP contribution is -2.43. The van der Waals surface area contributed by atoms with Gasteiger partial charge in [-0.05, 0) is 76.6 Å². The number of aromatic nitrogens is 1. The lowest BCUT2D eigenvalue weighted by atomic mass is 9.95. The molecule has 1 aliphatic carbocycles. The number of aliphatic hydroxyl groups excluding tert-OH is 1. The smallest absolute Gasteiger partial charge is 0.0845 e. The topological polar surface area (TPSA) is 28.4 Å². The van der Waals surface area contributed by atoms with Crippen molar-refractivity contribution in [3.05, 3.63) is 35.0 Å². The Balaban J connectivity index is 1.60. The van der Waals surface area contributed by atoms with Crippen LogP contribution in [0.4, 0.5) is 0 Å². The van der Waals surface area contributed by atoms with Crippen molar-refractivity contribution in [2.75, 3.05) is 13.1 Å². The third-order valence-corrected chi connectivity index (χ3v) is 6.31. The second-order valence-electron chi connectivity index (χ2n) is 8.26. The van der Waals surface area contributed by atoms with Crippen molar-refractivity contribution in [3.8, 4) is 0 Å². The van der Waals surface area contributed by atoms with Gasteiger partial charge in [-0.1, -0.05) is 18.1 Å². The van der Waals surface area contributed by atoms with Crippen LogP contribution in [0.2, 0.25) is 0 Å². The van der Waals surface area contributed by atoms with E-state index >= 15 is 0 Å².